The first-order valence-corrected chi connectivity index (χ1v) is 30.1. The first-order valence-electron chi connectivity index (χ1n) is 30.1. The van der Waals surface area contributed by atoms with E-state index in [0.717, 1.165) is 64.2 Å². The minimum Gasteiger partial charge on any atom is -0.394 e. The number of allylic oxidation sites excluding steroid dienone is 17. The van der Waals surface area contributed by atoms with E-state index in [2.05, 4.69) is 104 Å². The topological polar surface area (TPSA) is 307 Å². The fraction of sp³-hybridized carbons (Fsp3) is 0.698. The highest BCUT2D eigenvalue weighted by Gasteiger charge is 2.53. The summed E-state index contributed by atoms with van der Waals surface area (Å²) in [5.41, 5.74) is 0. The van der Waals surface area contributed by atoms with Crippen molar-refractivity contribution in [2.75, 3.05) is 26.4 Å². The van der Waals surface area contributed by atoms with Gasteiger partial charge < -0.3 is 89.9 Å². The maximum atomic E-state index is 13.3. The Kier molecular flexibility index (Phi) is 39.8. The third-order valence-electron chi connectivity index (χ3n) is 14.3. The number of amides is 1. The van der Waals surface area contributed by atoms with Crippen molar-refractivity contribution in [1.82, 2.24) is 5.32 Å². The molecule has 3 fully saturated rings. The van der Waals surface area contributed by atoms with Gasteiger partial charge in [-0.3, -0.25) is 4.79 Å². The van der Waals surface area contributed by atoms with Crippen LogP contribution in [0.25, 0.3) is 0 Å². The van der Waals surface area contributed by atoms with Gasteiger partial charge in [0.15, 0.2) is 18.9 Å². The molecule has 0 radical (unpaired) electrons. The van der Waals surface area contributed by atoms with Crippen molar-refractivity contribution in [2.45, 2.75) is 253 Å². The van der Waals surface area contributed by atoms with Crippen LogP contribution in [0, 0.1) is 0 Å². The molecule has 1 amide bonds. The first kappa shape index (κ1) is 72.7. The maximum Gasteiger partial charge on any atom is 0.220 e. The van der Waals surface area contributed by atoms with Crippen molar-refractivity contribution in [1.29, 1.82) is 0 Å². The van der Waals surface area contributed by atoms with Gasteiger partial charge in [-0.25, -0.2) is 0 Å². The molecular weight excluding hydrogens is 1060 g/mol. The normalized spacial score (nSPS) is 30.4. The Balaban J connectivity index is 1.52. The number of aliphatic hydroxyl groups is 11. The Morgan fingerprint density at radius 2 is 0.854 bits per heavy atom. The number of unbranched alkanes of at least 4 members (excludes halogenated alkanes) is 10. The van der Waals surface area contributed by atoms with E-state index >= 15 is 0 Å². The molecule has 0 aliphatic carbocycles. The summed E-state index contributed by atoms with van der Waals surface area (Å²) in [6.45, 7) is 1.50. The first-order chi connectivity index (χ1) is 39.8. The molecule has 12 N–H and O–H groups in total. The Morgan fingerprint density at radius 1 is 0.451 bits per heavy atom. The zero-order valence-corrected chi connectivity index (χ0v) is 48.7. The average molecular weight is 1160 g/mol. The van der Waals surface area contributed by atoms with Gasteiger partial charge in [-0.1, -0.05) is 168 Å². The number of hydrogen-bond donors (Lipinski definition) is 12. The summed E-state index contributed by atoms with van der Waals surface area (Å²) in [7, 11) is 0. The quantitative estimate of drug-likeness (QED) is 0.0264. The highest BCUT2D eigenvalue weighted by Crippen LogP contribution is 2.33. The number of carbonyl (C=O) groups excluding carboxylic acids is 1. The van der Waals surface area contributed by atoms with Crippen LogP contribution in [0.4, 0.5) is 0 Å². The predicted molar refractivity (Wildman–Crippen MR) is 313 cm³/mol. The minimum atomic E-state index is -1.99. The molecule has 19 nitrogen and oxygen atoms in total. The van der Waals surface area contributed by atoms with E-state index in [-0.39, 0.29) is 12.3 Å². The van der Waals surface area contributed by atoms with Gasteiger partial charge in [0, 0.05) is 6.42 Å². The van der Waals surface area contributed by atoms with Crippen LogP contribution in [0.2, 0.25) is 0 Å². The van der Waals surface area contributed by atoms with E-state index in [1.807, 2.05) is 18.2 Å². The second-order valence-electron chi connectivity index (χ2n) is 21.1. The van der Waals surface area contributed by atoms with Crippen molar-refractivity contribution in [3.8, 4) is 0 Å². The monoisotopic (exact) mass is 1160 g/mol. The standard InChI is InChI=1S/C63H103NO18/c1-3-5-7-9-11-13-15-17-19-20-21-22-23-24-25-26-27-29-31-33-35-37-39-41-51(69)64-46(47(68)40-38-36-34-32-30-28-18-16-14-12-10-8-6-4-2)45-77-61-57(75)54(72)59(49(43-66)79-61)82-63-58(76)55(73)60(50(44-67)80-63)81-62-56(74)53(71)52(70)48(42-65)78-62/h5,7,11,13,17,19,21-22,24-25,27,29-30,32-33,35,38,40,46-50,52-63,65-68,70-76H,3-4,6,8-10,12,14-16,18,20,23,26,28,31,34,36-37,39,41-45H2,1-2H3,(H,64,69)/b7-5-,13-11-,19-17-,22-21-,25-24-,29-27-,32-30+,35-33-,40-38+. The molecule has 0 saturated carbocycles. The van der Waals surface area contributed by atoms with Gasteiger partial charge in [0.1, 0.15) is 73.2 Å². The Bertz CT molecular complexity index is 1920. The van der Waals surface area contributed by atoms with Crippen molar-refractivity contribution >= 4 is 5.91 Å². The minimum absolute atomic E-state index is 0.148. The second-order valence-corrected chi connectivity index (χ2v) is 21.1. The number of hydrogen-bond acceptors (Lipinski definition) is 18. The second kappa shape index (κ2) is 44.9. The molecule has 3 heterocycles. The lowest BCUT2D eigenvalue weighted by Gasteiger charge is -2.48. The number of aliphatic hydroxyl groups excluding tert-OH is 11. The molecule has 82 heavy (non-hydrogen) atoms. The molecule has 0 aromatic rings. The molecule has 0 bridgehead atoms. The van der Waals surface area contributed by atoms with Gasteiger partial charge in [0.2, 0.25) is 5.91 Å². The fourth-order valence-corrected chi connectivity index (χ4v) is 9.37. The Morgan fingerprint density at radius 3 is 1.37 bits per heavy atom. The highest BCUT2D eigenvalue weighted by molar-refractivity contribution is 5.76. The average Bonchev–Trinajstić information content (AvgIpc) is 3.14. The largest absolute Gasteiger partial charge is 0.394 e. The van der Waals surface area contributed by atoms with Gasteiger partial charge >= 0.3 is 0 Å². The zero-order chi connectivity index (χ0) is 59.7. The summed E-state index contributed by atoms with van der Waals surface area (Å²) in [6.07, 6.45) is 30.8. The lowest BCUT2D eigenvalue weighted by atomic mass is 9.96. The highest BCUT2D eigenvalue weighted by atomic mass is 16.8. The van der Waals surface area contributed by atoms with E-state index in [0.29, 0.717) is 19.3 Å². The summed E-state index contributed by atoms with van der Waals surface area (Å²) in [4.78, 5) is 13.3. The molecule has 3 saturated heterocycles. The van der Waals surface area contributed by atoms with Crippen molar-refractivity contribution in [3.63, 3.8) is 0 Å². The molecule has 3 rings (SSSR count). The molecule has 0 aromatic heterocycles. The van der Waals surface area contributed by atoms with Crippen LogP contribution in [0.1, 0.15) is 149 Å². The molecule has 0 aromatic carbocycles. The molecule has 3 aliphatic rings. The van der Waals surface area contributed by atoms with Crippen molar-refractivity contribution < 1.29 is 89.4 Å². The summed E-state index contributed by atoms with van der Waals surface area (Å²) in [5, 5.41) is 120. The Hall–Kier alpha value is -3.55. The SMILES string of the molecule is CC/C=C\C/C=C\C/C=C\C/C=C\C/C=C\C/C=C\C/C=C\CCCC(=O)NC(COC1OC(CO)C(OC2OC(CO)C(OC3OC(CO)C(O)C(O)C3O)C(O)C2O)C(O)C1O)C(O)/C=C/CC/C=C/CCCCCCCCCC. The summed E-state index contributed by atoms with van der Waals surface area (Å²) < 4.78 is 34.2. The van der Waals surface area contributed by atoms with Crippen LogP contribution < -0.4 is 5.32 Å². The molecular formula is C63H103NO18. The van der Waals surface area contributed by atoms with E-state index in [1.165, 1.54) is 44.9 Å². The van der Waals surface area contributed by atoms with Gasteiger partial charge in [-0.05, 0) is 83.5 Å². The molecule has 17 atom stereocenters. The van der Waals surface area contributed by atoms with Gasteiger partial charge in [0.05, 0.1) is 38.6 Å². The molecule has 3 aliphatic heterocycles. The van der Waals surface area contributed by atoms with Crippen LogP contribution in [0.3, 0.4) is 0 Å². The van der Waals surface area contributed by atoms with Crippen LogP contribution in [0.15, 0.2) is 109 Å². The zero-order valence-electron chi connectivity index (χ0n) is 48.7. The van der Waals surface area contributed by atoms with Crippen LogP contribution in [-0.2, 0) is 33.2 Å². The van der Waals surface area contributed by atoms with Gasteiger partial charge in [-0.15, -0.1) is 0 Å². The fourth-order valence-electron chi connectivity index (χ4n) is 9.37. The van der Waals surface area contributed by atoms with Gasteiger partial charge in [0.25, 0.3) is 0 Å². The molecule has 19 heteroatoms. The van der Waals surface area contributed by atoms with E-state index in [4.69, 9.17) is 28.4 Å². The summed E-state index contributed by atoms with van der Waals surface area (Å²) in [6, 6.07) is -1.03. The Labute approximate surface area is 487 Å². The third kappa shape index (κ3) is 28.1. The molecule has 17 unspecified atom stereocenters. The van der Waals surface area contributed by atoms with Crippen LogP contribution >= 0.6 is 0 Å². The lowest BCUT2D eigenvalue weighted by molar-refractivity contribution is -0.379. The lowest BCUT2D eigenvalue weighted by Crippen LogP contribution is -2.66. The number of ether oxygens (including phenoxy) is 6. The van der Waals surface area contributed by atoms with Crippen LogP contribution in [0.5, 0.6) is 0 Å². The number of rotatable bonds is 42. The van der Waals surface area contributed by atoms with Gasteiger partial charge in [-0.2, -0.15) is 0 Å². The third-order valence-corrected chi connectivity index (χ3v) is 14.3. The summed E-state index contributed by atoms with van der Waals surface area (Å²) >= 11 is 0. The van der Waals surface area contributed by atoms with Crippen molar-refractivity contribution in [3.05, 3.63) is 109 Å². The molecule has 0 spiro atoms. The van der Waals surface area contributed by atoms with E-state index < -0.39 is 131 Å². The smallest absolute Gasteiger partial charge is 0.220 e. The number of carbonyl (C=O) groups is 1. The van der Waals surface area contributed by atoms with E-state index in [9.17, 15) is 61.0 Å². The van der Waals surface area contributed by atoms with Crippen LogP contribution in [-0.4, -0.2) is 193 Å². The summed E-state index contributed by atoms with van der Waals surface area (Å²) in [5.74, 6) is -0.350. The van der Waals surface area contributed by atoms with E-state index in [1.54, 1.807) is 6.08 Å². The van der Waals surface area contributed by atoms with Crippen molar-refractivity contribution in [2.24, 2.45) is 0 Å². The number of nitrogens with one attached hydrogen (secondary N) is 1. The predicted octanol–water partition coefficient (Wildman–Crippen LogP) is 5.53. The maximum absolute atomic E-state index is 13.3. The molecule has 468 valence electrons.